The van der Waals surface area contributed by atoms with Gasteiger partial charge < -0.3 is 29.6 Å². The lowest BCUT2D eigenvalue weighted by Crippen LogP contribution is -2.62. The Balaban J connectivity index is 1.35. The lowest BCUT2D eigenvalue weighted by atomic mass is 9.83. The van der Waals surface area contributed by atoms with Crippen LogP contribution in [0.15, 0.2) is 72.8 Å². The first-order valence-corrected chi connectivity index (χ1v) is 16.2. The zero-order valence-electron chi connectivity index (χ0n) is 27.9. The Kier molecular flexibility index (Phi) is 8.59. The summed E-state index contributed by atoms with van der Waals surface area (Å²) in [6.45, 7) is 8.45. The summed E-state index contributed by atoms with van der Waals surface area (Å²) in [6, 6.07) is 23.8. The maximum atomic E-state index is 14.8. The number of para-hydroxylation sites is 1. The molecule has 8 nitrogen and oxygen atoms in total. The lowest BCUT2D eigenvalue weighted by Gasteiger charge is -2.47. The quantitative estimate of drug-likeness (QED) is 0.204. The topological polar surface area (TPSA) is 86.9 Å². The molecule has 3 aromatic carbocycles. The Morgan fingerprint density at radius 1 is 0.978 bits per heavy atom. The summed E-state index contributed by atoms with van der Waals surface area (Å²) in [5, 5.41) is 4.40. The van der Waals surface area contributed by atoms with Gasteiger partial charge in [-0.15, -0.1) is 0 Å². The summed E-state index contributed by atoms with van der Waals surface area (Å²) in [7, 11) is 5.24. The number of aromatic amines is 1. The number of aryl methyl sites for hydroxylation is 1. The number of piperidine rings is 1. The summed E-state index contributed by atoms with van der Waals surface area (Å²) < 4.78 is 11.0. The summed E-state index contributed by atoms with van der Waals surface area (Å²) in [5.74, 6) is 1.38. The highest BCUT2D eigenvalue weighted by Gasteiger charge is 2.60. The van der Waals surface area contributed by atoms with Crippen LogP contribution < -0.4 is 14.8 Å². The van der Waals surface area contributed by atoms with Crippen molar-refractivity contribution in [1.82, 2.24) is 14.8 Å². The Morgan fingerprint density at radius 3 is 2.37 bits per heavy atom. The van der Waals surface area contributed by atoms with E-state index in [9.17, 15) is 9.59 Å². The number of fused-ring (bicyclic) bond motifs is 1. The van der Waals surface area contributed by atoms with Crippen molar-refractivity contribution in [1.29, 1.82) is 0 Å². The average molecular weight is 623 g/mol. The number of rotatable bonds is 10. The number of amides is 2. The van der Waals surface area contributed by atoms with E-state index >= 15 is 0 Å². The van der Waals surface area contributed by atoms with E-state index in [0.29, 0.717) is 56.1 Å². The van der Waals surface area contributed by atoms with Crippen molar-refractivity contribution < 1.29 is 19.1 Å². The molecule has 1 saturated carbocycles. The van der Waals surface area contributed by atoms with Gasteiger partial charge in [-0.05, 0) is 73.4 Å². The van der Waals surface area contributed by atoms with Crippen molar-refractivity contribution in [3.8, 4) is 11.5 Å². The van der Waals surface area contributed by atoms with Gasteiger partial charge in [0.2, 0.25) is 5.91 Å². The Morgan fingerprint density at radius 2 is 1.67 bits per heavy atom. The van der Waals surface area contributed by atoms with Gasteiger partial charge in [0.1, 0.15) is 17.0 Å². The molecule has 0 unspecified atom stereocenters. The zero-order valence-corrected chi connectivity index (χ0v) is 27.9. The molecule has 6 rings (SSSR count). The van der Waals surface area contributed by atoms with Crippen LogP contribution in [0.25, 0.3) is 10.9 Å². The number of H-pyrrole nitrogens is 1. The number of nitrogens with one attached hydrogen (secondary N) is 2. The molecule has 46 heavy (non-hydrogen) atoms. The first-order valence-electron chi connectivity index (χ1n) is 16.2. The van der Waals surface area contributed by atoms with Crippen LogP contribution in [0.3, 0.4) is 0 Å². The molecule has 4 aromatic rings. The van der Waals surface area contributed by atoms with E-state index in [1.54, 1.807) is 32.4 Å². The minimum absolute atomic E-state index is 0.0170. The minimum atomic E-state index is -1.03. The number of carbonyl (C=O) groups excluding carboxylic acids is 2. The van der Waals surface area contributed by atoms with Gasteiger partial charge in [0.25, 0.3) is 5.91 Å². The number of ether oxygens (including phenoxy) is 2. The van der Waals surface area contributed by atoms with Gasteiger partial charge in [0.15, 0.2) is 0 Å². The van der Waals surface area contributed by atoms with Crippen molar-refractivity contribution in [2.75, 3.05) is 39.7 Å². The van der Waals surface area contributed by atoms with Gasteiger partial charge in [-0.25, -0.2) is 0 Å². The maximum absolute atomic E-state index is 14.8. The second-order valence-corrected chi connectivity index (χ2v) is 13.6. The van der Waals surface area contributed by atoms with Crippen LogP contribution in [-0.4, -0.2) is 66.5 Å². The van der Waals surface area contributed by atoms with Crippen LogP contribution in [0.5, 0.6) is 11.5 Å². The van der Waals surface area contributed by atoms with Crippen molar-refractivity contribution in [3.05, 3.63) is 89.6 Å². The maximum Gasteiger partial charge on any atom is 0.250 e. The van der Waals surface area contributed by atoms with Crippen LogP contribution in [0, 0.1) is 18.3 Å². The standard InChI is InChI=1S/C38H46N4O4/c1-25-34(28-14-10-11-15-30(28)39-25)35-29(37(35,2)3)23-33(43)42(24-26-12-8-7-9-13-26)38(18-20-41(4)21-19-38)36(44)40-31-17-16-27(45-5)22-32(31)46-6/h7-17,22,29,35,39H,18-21,23-24H2,1-6H3,(H,40,44)/t29-,35+/m1/s1. The van der Waals surface area contributed by atoms with Crippen LogP contribution in [-0.2, 0) is 16.1 Å². The van der Waals surface area contributed by atoms with Crippen molar-refractivity contribution in [3.63, 3.8) is 0 Å². The molecule has 1 aliphatic carbocycles. The number of hydrogen-bond donors (Lipinski definition) is 2. The van der Waals surface area contributed by atoms with Crippen LogP contribution >= 0.6 is 0 Å². The summed E-state index contributed by atoms with van der Waals surface area (Å²) >= 11 is 0. The van der Waals surface area contributed by atoms with E-state index in [0.717, 1.165) is 16.8 Å². The monoisotopic (exact) mass is 622 g/mol. The Hall–Kier alpha value is -4.30. The number of benzene rings is 3. The highest BCUT2D eigenvalue weighted by Crippen LogP contribution is 2.67. The smallest absolute Gasteiger partial charge is 0.250 e. The predicted molar refractivity (Wildman–Crippen MR) is 182 cm³/mol. The molecule has 2 amide bonds. The number of hydrogen-bond acceptors (Lipinski definition) is 5. The number of aromatic nitrogens is 1. The van der Waals surface area contributed by atoms with E-state index in [-0.39, 0.29) is 29.1 Å². The van der Waals surface area contributed by atoms with E-state index < -0.39 is 5.54 Å². The normalized spacial score (nSPS) is 20.2. The molecule has 2 atom stereocenters. The largest absolute Gasteiger partial charge is 0.497 e. The molecule has 0 radical (unpaired) electrons. The van der Waals surface area contributed by atoms with Gasteiger partial charge in [-0.3, -0.25) is 9.59 Å². The molecule has 1 aliphatic heterocycles. The lowest BCUT2D eigenvalue weighted by molar-refractivity contribution is -0.150. The van der Waals surface area contributed by atoms with Gasteiger partial charge in [0, 0.05) is 48.7 Å². The van der Waals surface area contributed by atoms with E-state index in [2.05, 4.69) is 67.3 Å². The summed E-state index contributed by atoms with van der Waals surface area (Å²) in [6.07, 6.45) is 1.44. The molecular formula is C38H46N4O4. The van der Waals surface area contributed by atoms with Gasteiger partial charge >= 0.3 is 0 Å². The second-order valence-electron chi connectivity index (χ2n) is 13.6. The molecular weight excluding hydrogens is 576 g/mol. The SMILES string of the molecule is COc1ccc(NC(=O)C2(N(Cc3ccccc3)C(=O)C[C@@H]3[C@@H](c4c(C)[nH]c5ccccc45)C3(C)C)CCN(C)CC2)c(OC)c1. The summed E-state index contributed by atoms with van der Waals surface area (Å²) in [5.41, 5.74) is 4.07. The average Bonchev–Trinajstić information content (AvgIpc) is 3.41. The summed E-state index contributed by atoms with van der Waals surface area (Å²) in [4.78, 5) is 37.1. The number of likely N-dealkylation sites (tertiary alicyclic amines) is 1. The van der Waals surface area contributed by atoms with Gasteiger partial charge in [0.05, 0.1) is 19.9 Å². The number of nitrogens with zero attached hydrogens (tertiary/aromatic N) is 2. The molecule has 2 fully saturated rings. The molecule has 1 saturated heterocycles. The Bertz CT molecular complexity index is 1720. The van der Waals surface area contributed by atoms with E-state index in [1.807, 2.05) is 35.2 Å². The highest BCUT2D eigenvalue weighted by molar-refractivity contribution is 6.01. The first kappa shape index (κ1) is 31.7. The molecule has 0 bridgehead atoms. The molecule has 1 aromatic heterocycles. The first-order chi connectivity index (χ1) is 22.1. The van der Waals surface area contributed by atoms with Crippen LogP contribution in [0.4, 0.5) is 5.69 Å². The molecule has 242 valence electrons. The fraction of sp³-hybridized carbons (Fsp3) is 0.421. The fourth-order valence-corrected chi connectivity index (χ4v) is 7.69. The molecule has 2 heterocycles. The molecule has 0 spiro atoms. The van der Waals surface area contributed by atoms with E-state index in [1.165, 1.54) is 10.9 Å². The molecule has 2 aliphatic rings. The predicted octanol–water partition coefficient (Wildman–Crippen LogP) is 6.76. The van der Waals surface area contributed by atoms with Crippen LogP contribution in [0.1, 0.15) is 55.8 Å². The number of carbonyl (C=O) groups is 2. The minimum Gasteiger partial charge on any atom is -0.497 e. The molecule has 8 heteroatoms. The van der Waals surface area contributed by atoms with Crippen molar-refractivity contribution in [2.45, 2.75) is 58.0 Å². The number of anilines is 1. The third kappa shape index (κ3) is 5.75. The van der Waals surface area contributed by atoms with Crippen LogP contribution in [0.2, 0.25) is 0 Å². The van der Waals surface area contributed by atoms with Crippen molar-refractivity contribution in [2.24, 2.45) is 11.3 Å². The molecule has 2 N–H and O–H groups in total. The van der Waals surface area contributed by atoms with E-state index in [4.69, 9.17) is 9.47 Å². The fourth-order valence-electron chi connectivity index (χ4n) is 7.69. The van der Waals surface area contributed by atoms with Gasteiger partial charge in [-0.1, -0.05) is 62.4 Å². The third-order valence-electron chi connectivity index (χ3n) is 10.6. The third-order valence-corrected chi connectivity index (χ3v) is 10.6. The Labute approximate surface area is 272 Å². The second kappa shape index (κ2) is 12.5. The number of methoxy groups -OCH3 is 2. The highest BCUT2D eigenvalue weighted by atomic mass is 16.5. The van der Waals surface area contributed by atoms with Crippen molar-refractivity contribution >= 4 is 28.4 Å². The van der Waals surface area contributed by atoms with Gasteiger partial charge in [-0.2, -0.15) is 0 Å². The zero-order chi connectivity index (χ0) is 32.6.